The molecule has 1 N–H and O–H groups in total. The number of benzene rings is 1. The Hall–Kier alpha value is -4.53. The van der Waals surface area contributed by atoms with Crippen LogP contribution < -0.4 is 10.2 Å². The number of carbonyl (C=O) groups excluding carboxylic acids is 1. The zero-order chi connectivity index (χ0) is 24.5. The normalized spacial score (nSPS) is 15.8. The molecule has 0 bridgehead atoms. The number of nitrogens with zero attached hydrogens (tertiary/aromatic N) is 7. The second kappa shape index (κ2) is 9.26. The lowest BCUT2D eigenvalue weighted by Crippen LogP contribution is -2.47. The third-order valence-electron chi connectivity index (χ3n) is 6.61. The number of fused-ring (bicyclic) bond motifs is 1. The number of amides is 1. The van der Waals surface area contributed by atoms with Gasteiger partial charge in [-0.05, 0) is 62.1 Å². The van der Waals surface area contributed by atoms with Crippen LogP contribution in [0.15, 0.2) is 79.4 Å². The van der Waals surface area contributed by atoms with Crippen molar-refractivity contribution in [1.29, 1.82) is 0 Å². The summed E-state index contributed by atoms with van der Waals surface area (Å²) in [4.78, 5) is 20.5. The highest BCUT2D eigenvalue weighted by Gasteiger charge is 2.30. The number of aromatic nitrogens is 6. The molecule has 0 aliphatic carbocycles. The molecule has 1 atom stereocenters. The van der Waals surface area contributed by atoms with E-state index in [9.17, 15) is 4.79 Å². The predicted octanol–water partition coefficient (Wildman–Crippen LogP) is 4.28. The van der Waals surface area contributed by atoms with Crippen LogP contribution in [-0.4, -0.2) is 47.9 Å². The number of aryl methyl sites for hydroxylation is 1. The fourth-order valence-electron chi connectivity index (χ4n) is 4.79. The quantitative estimate of drug-likeness (QED) is 0.405. The van der Waals surface area contributed by atoms with Gasteiger partial charge in [-0.2, -0.15) is 5.10 Å². The van der Waals surface area contributed by atoms with Crippen molar-refractivity contribution < 1.29 is 4.79 Å². The summed E-state index contributed by atoms with van der Waals surface area (Å²) in [6.45, 7) is 2.79. The van der Waals surface area contributed by atoms with Crippen molar-refractivity contribution in [3.63, 3.8) is 0 Å². The molecule has 0 radical (unpaired) electrons. The fraction of sp³-hybridized carbons (Fsp3) is 0.222. The topological polar surface area (TPSA) is 93.2 Å². The van der Waals surface area contributed by atoms with Crippen molar-refractivity contribution in [2.75, 3.05) is 16.8 Å². The average Bonchev–Trinajstić information content (AvgIpc) is 3.61. The number of para-hydroxylation sites is 1. The molecule has 180 valence electrons. The summed E-state index contributed by atoms with van der Waals surface area (Å²) in [5, 5.41) is 16.1. The van der Waals surface area contributed by atoms with E-state index in [1.807, 2.05) is 84.5 Å². The van der Waals surface area contributed by atoms with Crippen molar-refractivity contribution >= 4 is 23.1 Å². The number of rotatable bonds is 5. The van der Waals surface area contributed by atoms with Crippen LogP contribution >= 0.6 is 0 Å². The number of carbonyl (C=O) groups is 1. The molecule has 9 nitrogen and oxygen atoms in total. The van der Waals surface area contributed by atoms with Crippen LogP contribution in [0.25, 0.3) is 22.7 Å². The van der Waals surface area contributed by atoms with Gasteiger partial charge < -0.3 is 14.6 Å². The first kappa shape index (κ1) is 22.0. The first-order valence-corrected chi connectivity index (χ1v) is 12.1. The van der Waals surface area contributed by atoms with Crippen molar-refractivity contribution in [2.45, 2.75) is 32.2 Å². The molecule has 0 spiro atoms. The SMILES string of the molecule is Cc1cccn2cc(-c3ccccc3NC(=O)C3CCCCN3c3ccc(-n4cccn4)nn3)nc12. The van der Waals surface area contributed by atoms with E-state index in [-0.39, 0.29) is 11.9 Å². The molecule has 5 aromatic rings. The van der Waals surface area contributed by atoms with Gasteiger partial charge in [0, 0.05) is 36.9 Å². The first-order chi connectivity index (χ1) is 17.7. The Labute approximate surface area is 208 Å². The van der Waals surface area contributed by atoms with E-state index in [0.29, 0.717) is 11.6 Å². The summed E-state index contributed by atoms with van der Waals surface area (Å²) in [6.07, 6.45) is 10.2. The summed E-state index contributed by atoms with van der Waals surface area (Å²) in [5.74, 6) is 1.27. The van der Waals surface area contributed by atoms with Gasteiger partial charge in [0.05, 0.1) is 11.4 Å². The fourth-order valence-corrected chi connectivity index (χ4v) is 4.79. The van der Waals surface area contributed by atoms with Crippen LogP contribution in [0.4, 0.5) is 11.5 Å². The van der Waals surface area contributed by atoms with Crippen molar-refractivity contribution in [3.05, 3.63) is 84.9 Å². The highest BCUT2D eigenvalue weighted by Crippen LogP contribution is 2.30. The van der Waals surface area contributed by atoms with E-state index in [2.05, 4.69) is 25.5 Å². The van der Waals surface area contributed by atoms with Gasteiger partial charge in [0.1, 0.15) is 11.7 Å². The van der Waals surface area contributed by atoms with Crippen molar-refractivity contribution in [1.82, 2.24) is 29.4 Å². The van der Waals surface area contributed by atoms with Crippen LogP contribution in [0.3, 0.4) is 0 Å². The van der Waals surface area contributed by atoms with Gasteiger partial charge in [0.25, 0.3) is 0 Å². The van der Waals surface area contributed by atoms with E-state index < -0.39 is 0 Å². The monoisotopic (exact) mass is 478 g/mol. The number of pyridine rings is 1. The minimum Gasteiger partial charge on any atom is -0.343 e. The number of imidazole rings is 1. The molecule has 36 heavy (non-hydrogen) atoms. The standard InChI is InChI=1S/C27H26N8O/c1-19-8-6-15-33-18-22(29-26(19)33)20-9-2-3-10-21(20)30-27(36)23-11-4-5-16-34(23)24-12-13-25(32-31-24)35-17-7-14-28-35/h2-3,6-10,12-15,17-18,23H,4-5,11,16H2,1H3,(H,30,36). The molecule has 1 aromatic carbocycles. The van der Waals surface area contributed by atoms with Crippen LogP contribution in [0.1, 0.15) is 24.8 Å². The minimum atomic E-state index is -0.333. The second-order valence-corrected chi connectivity index (χ2v) is 8.99. The third-order valence-corrected chi connectivity index (χ3v) is 6.61. The molecular formula is C27H26N8O. The summed E-state index contributed by atoms with van der Waals surface area (Å²) in [7, 11) is 0. The Morgan fingerprint density at radius 2 is 1.83 bits per heavy atom. The van der Waals surface area contributed by atoms with E-state index in [1.165, 1.54) is 0 Å². The molecule has 1 saturated heterocycles. The molecule has 1 unspecified atom stereocenters. The Morgan fingerprint density at radius 3 is 2.64 bits per heavy atom. The Kier molecular flexibility index (Phi) is 5.65. The molecule has 6 rings (SSSR count). The minimum absolute atomic E-state index is 0.0555. The Bertz CT molecular complexity index is 1510. The summed E-state index contributed by atoms with van der Waals surface area (Å²) in [6, 6.07) is 17.1. The predicted molar refractivity (Wildman–Crippen MR) is 138 cm³/mol. The molecule has 5 heterocycles. The highest BCUT2D eigenvalue weighted by molar-refractivity contribution is 6.00. The molecule has 1 amide bonds. The van der Waals surface area contributed by atoms with Gasteiger partial charge in [0.2, 0.25) is 5.91 Å². The zero-order valence-corrected chi connectivity index (χ0v) is 20.0. The molecular weight excluding hydrogens is 452 g/mol. The van der Waals surface area contributed by atoms with Crippen LogP contribution in [0.5, 0.6) is 0 Å². The van der Waals surface area contributed by atoms with Gasteiger partial charge in [-0.15, -0.1) is 10.2 Å². The van der Waals surface area contributed by atoms with Gasteiger partial charge in [-0.1, -0.05) is 24.3 Å². The number of piperidine rings is 1. The molecule has 0 saturated carbocycles. The largest absolute Gasteiger partial charge is 0.343 e. The number of nitrogens with one attached hydrogen (secondary N) is 1. The molecule has 1 aliphatic heterocycles. The number of hydrogen-bond acceptors (Lipinski definition) is 6. The van der Waals surface area contributed by atoms with Crippen molar-refractivity contribution in [2.24, 2.45) is 0 Å². The van der Waals surface area contributed by atoms with Gasteiger partial charge in [-0.25, -0.2) is 9.67 Å². The summed E-state index contributed by atoms with van der Waals surface area (Å²) >= 11 is 0. The van der Waals surface area contributed by atoms with E-state index in [0.717, 1.165) is 54.0 Å². The molecule has 1 aliphatic rings. The van der Waals surface area contributed by atoms with Crippen molar-refractivity contribution in [3.8, 4) is 17.1 Å². The zero-order valence-electron chi connectivity index (χ0n) is 20.0. The van der Waals surface area contributed by atoms with Gasteiger partial charge in [0.15, 0.2) is 11.6 Å². The van der Waals surface area contributed by atoms with Crippen LogP contribution in [-0.2, 0) is 4.79 Å². The maximum Gasteiger partial charge on any atom is 0.247 e. The van der Waals surface area contributed by atoms with Gasteiger partial charge in [-0.3, -0.25) is 4.79 Å². The number of hydrogen-bond donors (Lipinski definition) is 1. The summed E-state index contributed by atoms with van der Waals surface area (Å²) < 4.78 is 3.67. The first-order valence-electron chi connectivity index (χ1n) is 12.1. The lowest BCUT2D eigenvalue weighted by atomic mass is 10.0. The van der Waals surface area contributed by atoms with E-state index in [1.54, 1.807) is 10.9 Å². The lowest BCUT2D eigenvalue weighted by Gasteiger charge is -2.35. The third kappa shape index (κ3) is 4.08. The lowest BCUT2D eigenvalue weighted by molar-refractivity contribution is -0.117. The molecule has 1 fully saturated rings. The van der Waals surface area contributed by atoms with E-state index >= 15 is 0 Å². The average molecular weight is 479 g/mol. The van der Waals surface area contributed by atoms with Gasteiger partial charge >= 0.3 is 0 Å². The van der Waals surface area contributed by atoms with Crippen LogP contribution in [0, 0.1) is 6.92 Å². The van der Waals surface area contributed by atoms with Crippen LogP contribution in [0.2, 0.25) is 0 Å². The Morgan fingerprint density at radius 1 is 0.972 bits per heavy atom. The number of anilines is 2. The molecule has 9 heteroatoms. The summed E-state index contributed by atoms with van der Waals surface area (Å²) in [5.41, 5.74) is 4.46. The maximum absolute atomic E-state index is 13.6. The molecule has 4 aromatic heterocycles. The smallest absolute Gasteiger partial charge is 0.247 e. The van der Waals surface area contributed by atoms with E-state index in [4.69, 9.17) is 4.98 Å². The Balaban J connectivity index is 1.26. The highest BCUT2D eigenvalue weighted by atomic mass is 16.2. The second-order valence-electron chi connectivity index (χ2n) is 8.99. The maximum atomic E-state index is 13.6.